The van der Waals surface area contributed by atoms with Gasteiger partial charge in [0.1, 0.15) is 6.54 Å². The lowest BCUT2D eigenvalue weighted by atomic mass is 10.1. The SMILES string of the molecule is COc1cc(/C=C2\SC(=O)N(CC(=O)N3CCCC3)C2=O)ccc1Oc1ccc(C(F)(F)F)cc1[N+](=O)[O-]. The number of nitro groups is 1. The maximum Gasteiger partial charge on any atom is 0.416 e. The van der Waals surface area contributed by atoms with Gasteiger partial charge in [-0.05, 0) is 60.5 Å². The summed E-state index contributed by atoms with van der Waals surface area (Å²) in [7, 11) is 1.28. The molecule has 0 spiro atoms. The number of methoxy groups -OCH3 is 1. The summed E-state index contributed by atoms with van der Waals surface area (Å²) in [6, 6.07) is 6.13. The van der Waals surface area contributed by atoms with E-state index in [-0.39, 0.29) is 28.9 Å². The van der Waals surface area contributed by atoms with Gasteiger partial charge in [-0.3, -0.25) is 29.4 Å². The van der Waals surface area contributed by atoms with Crippen molar-refractivity contribution in [1.29, 1.82) is 0 Å². The topological polar surface area (TPSA) is 119 Å². The number of hydrogen-bond acceptors (Lipinski definition) is 8. The van der Waals surface area contributed by atoms with E-state index in [4.69, 9.17) is 9.47 Å². The summed E-state index contributed by atoms with van der Waals surface area (Å²) in [5, 5.41) is 10.8. The largest absolute Gasteiger partial charge is 0.493 e. The second-order valence-corrected chi connectivity index (χ2v) is 9.30. The Morgan fingerprint density at radius 1 is 1.11 bits per heavy atom. The quantitative estimate of drug-likeness (QED) is 0.266. The van der Waals surface area contributed by atoms with E-state index in [9.17, 15) is 37.7 Å². The number of halogens is 3. The predicted molar refractivity (Wildman–Crippen MR) is 130 cm³/mol. The van der Waals surface area contributed by atoms with Crippen LogP contribution in [0.5, 0.6) is 17.2 Å². The van der Waals surface area contributed by atoms with Crippen LogP contribution in [-0.4, -0.2) is 58.5 Å². The van der Waals surface area contributed by atoms with Gasteiger partial charge in [0.25, 0.3) is 11.1 Å². The fourth-order valence-corrected chi connectivity index (χ4v) is 4.73. The van der Waals surface area contributed by atoms with Gasteiger partial charge in [-0.1, -0.05) is 6.07 Å². The number of benzene rings is 2. The maximum absolute atomic E-state index is 13.0. The number of imide groups is 1. The first-order chi connectivity index (χ1) is 18.0. The third kappa shape index (κ3) is 5.74. The lowest BCUT2D eigenvalue weighted by Crippen LogP contribution is -2.40. The van der Waals surface area contributed by atoms with Crippen LogP contribution in [0.3, 0.4) is 0 Å². The molecule has 3 amide bonds. The summed E-state index contributed by atoms with van der Waals surface area (Å²) in [4.78, 5) is 50.5. The molecule has 2 aliphatic rings. The van der Waals surface area contributed by atoms with E-state index in [0.717, 1.165) is 23.8 Å². The molecule has 2 aromatic carbocycles. The van der Waals surface area contributed by atoms with E-state index >= 15 is 0 Å². The molecule has 0 unspecified atom stereocenters. The Bertz CT molecular complexity index is 1340. The highest BCUT2D eigenvalue weighted by molar-refractivity contribution is 8.18. The number of ether oxygens (including phenoxy) is 2. The molecule has 0 N–H and O–H groups in total. The molecule has 2 aliphatic heterocycles. The number of likely N-dealkylation sites (tertiary alicyclic amines) is 1. The average molecular weight is 551 g/mol. The van der Waals surface area contributed by atoms with Crippen LogP contribution < -0.4 is 9.47 Å². The summed E-state index contributed by atoms with van der Waals surface area (Å²) in [5.74, 6) is -1.31. The molecular weight excluding hydrogens is 531 g/mol. The summed E-state index contributed by atoms with van der Waals surface area (Å²) in [6.07, 6.45) is -1.61. The van der Waals surface area contributed by atoms with E-state index in [2.05, 4.69) is 0 Å². The Kier molecular flexibility index (Phi) is 7.62. The zero-order valence-electron chi connectivity index (χ0n) is 19.8. The number of rotatable bonds is 7. The minimum atomic E-state index is -4.77. The molecule has 0 aromatic heterocycles. The van der Waals surface area contributed by atoms with Crippen molar-refractivity contribution >= 4 is 40.6 Å². The van der Waals surface area contributed by atoms with Gasteiger partial charge in [0, 0.05) is 19.2 Å². The van der Waals surface area contributed by atoms with Crippen LogP contribution in [0, 0.1) is 10.1 Å². The van der Waals surface area contributed by atoms with Gasteiger partial charge < -0.3 is 14.4 Å². The minimum absolute atomic E-state index is 0.0307. The maximum atomic E-state index is 13.0. The standard InChI is InChI=1S/C24H20F3N3O7S/c1-36-19-10-14(11-20-22(32)29(23(33)38-20)13-21(31)28-8-2-3-9-28)4-6-18(19)37-17-7-5-15(24(25,26)27)12-16(17)30(34)35/h4-7,10-12H,2-3,8-9,13H2,1H3/b20-11-. The van der Waals surface area contributed by atoms with Gasteiger partial charge in [-0.15, -0.1) is 0 Å². The molecule has 0 aliphatic carbocycles. The Balaban J connectivity index is 1.54. The molecule has 38 heavy (non-hydrogen) atoms. The highest BCUT2D eigenvalue weighted by atomic mass is 32.2. The van der Waals surface area contributed by atoms with E-state index < -0.39 is 39.2 Å². The summed E-state index contributed by atoms with van der Waals surface area (Å²) >= 11 is 0.679. The lowest BCUT2D eigenvalue weighted by molar-refractivity contribution is -0.385. The second kappa shape index (κ2) is 10.7. The molecule has 14 heteroatoms. The van der Waals surface area contributed by atoms with Crippen LogP contribution in [-0.2, 0) is 15.8 Å². The Labute approximate surface area is 218 Å². The van der Waals surface area contributed by atoms with Crippen molar-refractivity contribution in [3.05, 3.63) is 62.5 Å². The minimum Gasteiger partial charge on any atom is -0.493 e. The number of carbonyl (C=O) groups excluding carboxylic acids is 3. The molecule has 2 saturated heterocycles. The molecule has 2 heterocycles. The third-order valence-corrected chi connectivity index (χ3v) is 6.72. The molecule has 0 bridgehead atoms. The van der Waals surface area contributed by atoms with Gasteiger partial charge >= 0.3 is 11.9 Å². The van der Waals surface area contributed by atoms with E-state index in [0.29, 0.717) is 42.5 Å². The average Bonchev–Trinajstić information content (AvgIpc) is 3.49. The zero-order valence-corrected chi connectivity index (χ0v) is 20.6. The van der Waals surface area contributed by atoms with Crippen molar-refractivity contribution in [2.75, 3.05) is 26.7 Å². The normalized spacial score (nSPS) is 16.9. The first kappa shape index (κ1) is 27.0. The number of alkyl halides is 3. The fourth-order valence-electron chi connectivity index (χ4n) is 3.89. The number of hydrogen-bond donors (Lipinski definition) is 0. The number of nitro benzene ring substituents is 1. The van der Waals surface area contributed by atoms with Crippen LogP contribution in [0.2, 0.25) is 0 Å². The number of amides is 3. The van der Waals surface area contributed by atoms with Crippen LogP contribution in [0.15, 0.2) is 41.3 Å². The van der Waals surface area contributed by atoms with E-state index in [1.807, 2.05) is 0 Å². The highest BCUT2D eigenvalue weighted by Gasteiger charge is 2.37. The van der Waals surface area contributed by atoms with Crippen molar-refractivity contribution in [2.45, 2.75) is 19.0 Å². The Morgan fingerprint density at radius 3 is 2.42 bits per heavy atom. The molecule has 2 fully saturated rings. The monoisotopic (exact) mass is 551 g/mol. The molecule has 2 aromatic rings. The fraction of sp³-hybridized carbons (Fsp3) is 0.292. The van der Waals surface area contributed by atoms with Gasteiger partial charge in [-0.2, -0.15) is 13.2 Å². The van der Waals surface area contributed by atoms with Gasteiger partial charge in [-0.25, -0.2) is 0 Å². The molecular formula is C24H20F3N3O7S. The molecule has 10 nitrogen and oxygen atoms in total. The molecule has 200 valence electrons. The van der Waals surface area contributed by atoms with Crippen molar-refractivity contribution in [3.63, 3.8) is 0 Å². The second-order valence-electron chi connectivity index (χ2n) is 8.31. The molecule has 0 radical (unpaired) electrons. The van der Waals surface area contributed by atoms with Crippen molar-refractivity contribution < 1.29 is 42.0 Å². The Morgan fingerprint density at radius 2 is 1.79 bits per heavy atom. The van der Waals surface area contributed by atoms with E-state index in [1.165, 1.54) is 31.4 Å². The highest BCUT2D eigenvalue weighted by Crippen LogP contribution is 2.41. The molecule has 4 rings (SSSR count). The van der Waals surface area contributed by atoms with Gasteiger partial charge in [0.05, 0.1) is 22.5 Å². The zero-order chi connectivity index (χ0) is 27.6. The van der Waals surface area contributed by atoms with Crippen LogP contribution in [0.4, 0.5) is 23.7 Å². The van der Waals surface area contributed by atoms with Crippen molar-refractivity contribution in [1.82, 2.24) is 9.80 Å². The predicted octanol–water partition coefficient (Wildman–Crippen LogP) is 5.07. The number of carbonyl (C=O) groups is 3. The third-order valence-electron chi connectivity index (χ3n) is 5.81. The van der Waals surface area contributed by atoms with Gasteiger partial charge in [0.2, 0.25) is 11.7 Å². The molecule has 0 atom stereocenters. The first-order valence-corrected chi connectivity index (χ1v) is 12.0. The summed E-state index contributed by atoms with van der Waals surface area (Å²) in [5.41, 5.74) is -1.68. The Hall–Kier alpha value is -4.07. The van der Waals surface area contributed by atoms with E-state index in [1.54, 1.807) is 4.90 Å². The number of thioether (sulfide) groups is 1. The summed E-state index contributed by atoms with van der Waals surface area (Å²) in [6.45, 7) is 0.841. The van der Waals surface area contributed by atoms with Crippen LogP contribution in [0.25, 0.3) is 6.08 Å². The lowest BCUT2D eigenvalue weighted by Gasteiger charge is -2.18. The van der Waals surface area contributed by atoms with Crippen molar-refractivity contribution in [3.8, 4) is 17.2 Å². The van der Waals surface area contributed by atoms with Gasteiger partial charge in [0.15, 0.2) is 11.5 Å². The number of nitrogens with zero attached hydrogens (tertiary/aromatic N) is 3. The van der Waals surface area contributed by atoms with Crippen molar-refractivity contribution in [2.24, 2.45) is 0 Å². The van der Waals surface area contributed by atoms with Crippen LogP contribution >= 0.6 is 11.8 Å². The smallest absolute Gasteiger partial charge is 0.416 e. The summed E-state index contributed by atoms with van der Waals surface area (Å²) < 4.78 is 49.7. The molecule has 0 saturated carbocycles. The van der Waals surface area contributed by atoms with Crippen LogP contribution in [0.1, 0.15) is 24.0 Å². The first-order valence-electron chi connectivity index (χ1n) is 11.2.